The molecule has 0 N–H and O–H groups in total. The van der Waals surface area contributed by atoms with Crippen LogP contribution in [0.2, 0.25) is 0 Å². The van der Waals surface area contributed by atoms with Gasteiger partial charge in [-0.1, -0.05) is 18.2 Å². The summed E-state index contributed by atoms with van der Waals surface area (Å²) in [4.78, 5) is 10.6. The zero-order chi connectivity index (χ0) is 16.3. The Balaban J connectivity index is 2.47. The third-order valence-electron chi connectivity index (χ3n) is 2.75. The van der Waals surface area contributed by atoms with E-state index in [4.69, 9.17) is 9.68 Å². The van der Waals surface area contributed by atoms with E-state index in [1.807, 2.05) is 0 Å². The quantitative estimate of drug-likeness (QED) is 0.645. The Morgan fingerprint density at radius 3 is 2.50 bits per heavy atom. The standard InChI is InChI=1S/C15H8F3NO3/c16-15(17,18)12-4-2-1-3-11(12)13-6-5-10(22-13)7-9(8-19)14(20)21/h1-7H,(H,20,21)/p-1/b9-7+. The summed E-state index contributed by atoms with van der Waals surface area (Å²) >= 11 is 0. The minimum absolute atomic E-state index is 0.0623. The fourth-order valence-electron chi connectivity index (χ4n) is 1.80. The van der Waals surface area contributed by atoms with Gasteiger partial charge < -0.3 is 14.3 Å². The van der Waals surface area contributed by atoms with Crippen molar-refractivity contribution in [3.8, 4) is 17.4 Å². The van der Waals surface area contributed by atoms with Gasteiger partial charge >= 0.3 is 6.18 Å². The van der Waals surface area contributed by atoms with Crippen molar-refractivity contribution in [3.63, 3.8) is 0 Å². The second-order valence-electron chi connectivity index (χ2n) is 4.20. The fraction of sp³-hybridized carbons (Fsp3) is 0.0667. The number of carbonyl (C=O) groups excluding carboxylic acids is 1. The van der Waals surface area contributed by atoms with E-state index in [0.717, 1.165) is 12.1 Å². The zero-order valence-electron chi connectivity index (χ0n) is 10.8. The van der Waals surface area contributed by atoms with E-state index in [2.05, 4.69) is 0 Å². The van der Waals surface area contributed by atoms with Gasteiger partial charge in [0.05, 0.1) is 17.1 Å². The van der Waals surface area contributed by atoms with Crippen molar-refractivity contribution >= 4 is 12.0 Å². The van der Waals surface area contributed by atoms with Gasteiger partial charge in [-0.3, -0.25) is 0 Å². The van der Waals surface area contributed by atoms with Crippen LogP contribution in [0, 0.1) is 11.3 Å². The molecule has 0 unspecified atom stereocenters. The minimum Gasteiger partial charge on any atom is -0.544 e. The average Bonchev–Trinajstić information content (AvgIpc) is 2.92. The van der Waals surface area contributed by atoms with Gasteiger partial charge in [-0.05, 0) is 18.2 Å². The highest BCUT2D eigenvalue weighted by molar-refractivity contribution is 5.94. The van der Waals surface area contributed by atoms with Crippen molar-refractivity contribution in [2.75, 3.05) is 0 Å². The smallest absolute Gasteiger partial charge is 0.417 e. The maximum absolute atomic E-state index is 12.9. The lowest BCUT2D eigenvalue weighted by molar-refractivity contribution is -0.298. The highest BCUT2D eigenvalue weighted by Crippen LogP contribution is 2.37. The van der Waals surface area contributed by atoms with Crippen molar-refractivity contribution in [3.05, 3.63) is 53.3 Å². The number of benzene rings is 1. The van der Waals surface area contributed by atoms with E-state index >= 15 is 0 Å². The van der Waals surface area contributed by atoms with E-state index in [1.54, 1.807) is 0 Å². The van der Waals surface area contributed by atoms with Crippen LogP contribution in [-0.4, -0.2) is 5.97 Å². The van der Waals surface area contributed by atoms with Gasteiger partial charge in [0.25, 0.3) is 0 Å². The second-order valence-corrected chi connectivity index (χ2v) is 4.20. The largest absolute Gasteiger partial charge is 0.544 e. The zero-order valence-corrected chi connectivity index (χ0v) is 10.8. The number of rotatable bonds is 3. The molecule has 2 rings (SSSR count). The molecule has 1 aromatic heterocycles. The molecule has 0 radical (unpaired) electrons. The summed E-state index contributed by atoms with van der Waals surface area (Å²) in [6, 6.07) is 8.74. The van der Waals surface area contributed by atoms with Gasteiger partial charge in [-0.2, -0.15) is 18.4 Å². The second kappa shape index (κ2) is 5.77. The monoisotopic (exact) mass is 306 g/mol. The molecule has 2 aromatic rings. The number of nitrogens with zero attached hydrogens (tertiary/aromatic N) is 1. The molecule has 112 valence electrons. The van der Waals surface area contributed by atoms with Gasteiger partial charge in [0, 0.05) is 11.6 Å². The van der Waals surface area contributed by atoms with Gasteiger partial charge in [0.2, 0.25) is 0 Å². The van der Waals surface area contributed by atoms with E-state index in [-0.39, 0.29) is 17.1 Å². The van der Waals surface area contributed by atoms with Crippen LogP contribution < -0.4 is 5.11 Å². The lowest BCUT2D eigenvalue weighted by Crippen LogP contribution is -2.23. The molecular formula is C15H7F3NO3-. The van der Waals surface area contributed by atoms with Crippen molar-refractivity contribution in [1.82, 2.24) is 0 Å². The molecule has 0 bridgehead atoms. The summed E-state index contributed by atoms with van der Waals surface area (Å²) in [6.45, 7) is 0. The molecule has 1 aromatic carbocycles. The predicted octanol–water partition coefficient (Wildman–Crippen LogP) is 2.62. The number of furan rings is 1. The lowest BCUT2D eigenvalue weighted by atomic mass is 10.1. The average molecular weight is 306 g/mol. The SMILES string of the molecule is N#C/C(=C\c1ccc(-c2ccccc2C(F)(F)F)o1)C(=O)[O-]. The number of hydrogen-bond donors (Lipinski definition) is 0. The number of carboxylic acids is 1. The van der Waals surface area contributed by atoms with Crippen LogP contribution in [0.3, 0.4) is 0 Å². The van der Waals surface area contributed by atoms with E-state index in [0.29, 0.717) is 0 Å². The number of aliphatic carboxylic acids is 1. The Morgan fingerprint density at radius 2 is 1.91 bits per heavy atom. The molecular weight excluding hydrogens is 299 g/mol. The van der Waals surface area contributed by atoms with Gasteiger partial charge in [0.15, 0.2) is 0 Å². The number of alkyl halides is 3. The van der Waals surface area contributed by atoms with Crippen LogP contribution in [0.25, 0.3) is 17.4 Å². The summed E-state index contributed by atoms with van der Waals surface area (Å²) in [5, 5.41) is 19.2. The van der Waals surface area contributed by atoms with Gasteiger partial charge in [-0.25, -0.2) is 0 Å². The predicted molar refractivity (Wildman–Crippen MR) is 67.7 cm³/mol. The maximum Gasteiger partial charge on any atom is 0.417 e. The summed E-state index contributed by atoms with van der Waals surface area (Å²) in [6.07, 6.45) is -3.67. The van der Waals surface area contributed by atoms with Crippen LogP contribution in [0.1, 0.15) is 11.3 Å². The molecule has 1 heterocycles. The van der Waals surface area contributed by atoms with E-state index in [1.165, 1.54) is 36.4 Å². The van der Waals surface area contributed by atoms with Crippen LogP contribution in [0.15, 0.2) is 46.4 Å². The lowest BCUT2D eigenvalue weighted by Gasteiger charge is -2.10. The van der Waals surface area contributed by atoms with Crippen molar-refractivity contribution in [2.45, 2.75) is 6.18 Å². The van der Waals surface area contributed by atoms with E-state index in [9.17, 15) is 23.1 Å². The summed E-state index contributed by atoms with van der Waals surface area (Å²) < 4.78 is 44.0. The Labute approximate surface area is 122 Å². The Morgan fingerprint density at radius 1 is 1.23 bits per heavy atom. The Hall–Kier alpha value is -3.01. The van der Waals surface area contributed by atoms with Crippen LogP contribution in [-0.2, 0) is 11.0 Å². The highest BCUT2D eigenvalue weighted by Gasteiger charge is 2.34. The normalized spacial score (nSPS) is 12.0. The first-order chi connectivity index (χ1) is 10.3. The number of hydrogen-bond acceptors (Lipinski definition) is 4. The van der Waals surface area contributed by atoms with Gasteiger partial charge in [0.1, 0.15) is 17.6 Å². The minimum atomic E-state index is -4.55. The number of carboxylic acid groups (broad SMARTS) is 1. The topological polar surface area (TPSA) is 77.1 Å². The first-order valence-corrected chi connectivity index (χ1v) is 5.92. The summed E-state index contributed by atoms with van der Waals surface area (Å²) in [5.74, 6) is -1.85. The molecule has 0 saturated carbocycles. The molecule has 0 aliphatic carbocycles. The molecule has 22 heavy (non-hydrogen) atoms. The molecule has 0 spiro atoms. The first kappa shape index (κ1) is 15.4. The third kappa shape index (κ3) is 3.17. The van der Waals surface area contributed by atoms with Crippen LogP contribution in [0.4, 0.5) is 13.2 Å². The third-order valence-corrected chi connectivity index (χ3v) is 2.75. The highest BCUT2D eigenvalue weighted by atomic mass is 19.4. The Kier molecular flexibility index (Phi) is 4.04. The molecule has 0 aliphatic rings. The van der Waals surface area contributed by atoms with Gasteiger partial charge in [-0.15, -0.1) is 0 Å². The fourth-order valence-corrected chi connectivity index (χ4v) is 1.80. The van der Waals surface area contributed by atoms with Crippen molar-refractivity contribution < 1.29 is 27.5 Å². The Bertz CT molecular complexity index is 782. The molecule has 0 atom stereocenters. The maximum atomic E-state index is 12.9. The molecule has 0 fully saturated rings. The summed E-state index contributed by atoms with van der Waals surface area (Å²) in [7, 11) is 0. The van der Waals surface area contributed by atoms with Crippen molar-refractivity contribution in [2.24, 2.45) is 0 Å². The van der Waals surface area contributed by atoms with Crippen molar-refractivity contribution in [1.29, 1.82) is 5.26 Å². The molecule has 7 heteroatoms. The van der Waals surface area contributed by atoms with Crippen LogP contribution >= 0.6 is 0 Å². The molecule has 0 aliphatic heterocycles. The molecule has 0 saturated heterocycles. The number of carbonyl (C=O) groups is 1. The molecule has 4 nitrogen and oxygen atoms in total. The van der Waals surface area contributed by atoms with Crippen LogP contribution in [0.5, 0.6) is 0 Å². The summed E-state index contributed by atoms with van der Waals surface area (Å²) in [5.41, 5.74) is -1.74. The number of halogens is 3. The molecule has 0 amide bonds. The first-order valence-electron chi connectivity index (χ1n) is 5.92. The van der Waals surface area contributed by atoms with E-state index < -0.39 is 23.3 Å². The number of nitriles is 1.